The molecule has 0 radical (unpaired) electrons. The molecule has 0 atom stereocenters. The normalized spacial score (nSPS) is 9.90. The minimum atomic E-state index is -0.416. The van der Waals surface area contributed by atoms with E-state index in [1.807, 2.05) is 36.5 Å². The number of aliphatic imine (C=N–C) groups is 1. The molecule has 0 spiro atoms. The van der Waals surface area contributed by atoms with Crippen molar-refractivity contribution in [2.45, 2.75) is 6.92 Å². The Morgan fingerprint density at radius 3 is 2.70 bits per heavy atom. The van der Waals surface area contributed by atoms with Crippen molar-refractivity contribution in [1.29, 1.82) is 0 Å². The number of ether oxygens (including phenoxy) is 1. The van der Waals surface area contributed by atoms with Crippen molar-refractivity contribution in [3.63, 3.8) is 0 Å². The molecular weight excluding hydrogens is 272 g/mol. The second-order valence-corrected chi connectivity index (χ2v) is 4.32. The molecule has 0 aliphatic rings. The molecule has 0 N–H and O–H groups in total. The number of hydrogen-bond acceptors (Lipinski definition) is 4. The smallest absolute Gasteiger partial charge is 0.357 e. The fourth-order valence-corrected chi connectivity index (χ4v) is 2.13. The Morgan fingerprint density at radius 2 is 2.10 bits per heavy atom. The van der Waals surface area contributed by atoms with Crippen LogP contribution < -0.4 is 0 Å². The van der Waals surface area contributed by atoms with Crippen LogP contribution in [0.25, 0.3) is 11.1 Å². The Hall–Kier alpha value is -2.23. The zero-order valence-electron chi connectivity index (χ0n) is 11.3. The van der Waals surface area contributed by atoms with Gasteiger partial charge in [-0.3, -0.25) is 0 Å². The lowest BCUT2D eigenvalue weighted by Crippen LogP contribution is -2.09. The summed E-state index contributed by atoms with van der Waals surface area (Å²) in [6.45, 7) is 2.08. The molecule has 20 heavy (non-hydrogen) atoms. The number of isothiocyanates is 1. The van der Waals surface area contributed by atoms with Gasteiger partial charge in [-0.2, -0.15) is 4.99 Å². The molecule has 1 heterocycles. The van der Waals surface area contributed by atoms with E-state index in [-0.39, 0.29) is 0 Å². The number of carbonyl (C=O) groups is 1. The van der Waals surface area contributed by atoms with E-state index in [2.05, 4.69) is 22.4 Å². The van der Waals surface area contributed by atoms with Crippen LogP contribution in [-0.4, -0.2) is 22.3 Å². The lowest BCUT2D eigenvalue weighted by molar-refractivity contribution is 0.0516. The highest BCUT2D eigenvalue weighted by Crippen LogP contribution is 2.35. The van der Waals surface area contributed by atoms with E-state index in [9.17, 15) is 4.79 Å². The van der Waals surface area contributed by atoms with E-state index >= 15 is 0 Å². The molecule has 0 unspecified atom stereocenters. The van der Waals surface area contributed by atoms with Gasteiger partial charge in [0.05, 0.1) is 11.8 Å². The molecular formula is C15H14N2O2S. The van der Waals surface area contributed by atoms with Gasteiger partial charge in [-0.15, -0.1) is 0 Å². The lowest BCUT2D eigenvalue weighted by atomic mass is 10.1. The van der Waals surface area contributed by atoms with Gasteiger partial charge in [0.1, 0.15) is 5.69 Å². The highest BCUT2D eigenvalue weighted by atomic mass is 32.1. The Kier molecular flexibility index (Phi) is 4.45. The van der Waals surface area contributed by atoms with Gasteiger partial charge < -0.3 is 9.30 Å². The van der Waals surface area contributed by atoms with Crippen LogP contribution in [0.5, 0.6) is 0 Å². The average molecular weight is 286 g/mol. The van der Waals surface area contributed by atoms with Crippen LogP contribution in [0.3, 0.4) is 0 Å². The third-order valence-corrected chi connectivity index (χ3v) is 2.96. The van der Waals surface area contributed by atoms with E-state index in [1.54, 1.807) is 18.5 Å². The summed E-state index contributed by atoms with van der Waals surface area (Å²) < 4.78 is 6.76. The van der Waals surface area contributed by atoms with Gasteiger partial charge in [0.2, 0.25) is 0 Å². The molecule has 1 aromatic heterocycles. The van der Waals surface area contributed by atoms with Gasteiger partial charge in [-0.25, -0.2) is 4.79 Å². The number of carbonyl (C=O) groups excluding carboxylic acids is 1. The molecule has 0 bridgehead atoms. The summed E-state index contributed by atoms with van der Waals surface area (Å²) in [7, 11) is 1.78. The Labute approximate surface area is 122 Å². The summed E-state index contributed by atoms with van der Waals surface area (Å²) in [5, 5.41) is 2.33. The molecule has 0 saturated heterocycles. The summed E-state index contributed by atoms with van der Waals surface area (Å²) in [5.74, 6) is -0.416. The highest BCUT2D eigenvalue weighted by molar-refractivity contribution is 7.78. The van der Waals surface area contributed by atoms with Crippen LogP contribution in [0.4, 0.5) is 5.69 Å². The van der Waals surface area contributed by atoms with Crippen LogP contribution >= 0.6 is 12.2 Å². The van der Waals surface area contributed by atoms with Crippen LogP contribution in [0.2, 0.25) is 0 Å². The molecule has 4 nitrogen and oxygen atoms in total. The summed E-state index contributed by atoms with van der Waals surface area (Å²) in [6.07, 6.45) is 1.84. The van der Waals surface area contributed by atoms with Gasteiger partial charge in [-0.1, -0.05) is 30.3 Å². The SMILES string of the molecule is CCOC(=O)c1c(N=C=S)c(-c2ccccc2)cn1C. The second-order valence-electron chi connectivity index (χ2n) is 4.14. The molecule has 0 fully saturated rings. The summed E-state index contributed by atoms with van der Waals surface area (Å²) in [6, 6.07) is 9.69. The van der Waals surface area contributed by atoms with E-state index in [1.165, 1.54) is 0 Å². The first kappa shape index (κ1) is 14.2. The molecule has 0 amide bonds. The maximum Gasteiger partial charge on any atom is 0.357 e. The Morgan fingerprint density at radius 1 is 1.40 bits per heavy atom. The molecule has 0 saturated carbocycles. The first-order chi connectivity index (χ1) is 9.69. The molecule has 2 aromatic rings. The number of nitrogens with zero attached hydrogens (tertiary/aromatic N) is 2. The quantitative estimate of drug-likeness (QED) is 0.490. The van der Waals surface area contributed by atoms with Crippen molar-refractivity contribution >= 4 is 29.0 Å². The highest BCUT2D eigenvalue weighted by Gasteiger charge is 2.21. The number of aryl methyl sites for hydroxylation is 1. The van der Waals surface area contributed by atoms with Gasteiger partial charge in [0.25, 0.3) is 0 Å². The number of benzene rings is 1. The summed E-state index contributed by atoms with van der Waals surface area (Å²) in [4.78, 5) is 16.1. The minimum Gasteiger partial charge on any atom is -0.461 e. The second kappa shape index (κ2) is 6.28. The number of aromatic nitrogens is 1. The average Bonchev–Trinajstić information content (AvgIpc) is 2.77. The first-order valence-corrected chi connectivity index (χ1v) is 6.59. The number of esters is 1. The molecule has 1 aromatic carbocycles. The monoisotopic (exact) mass is 286 g/mol. The zero-order valence-corrected chi connectivity index (χ0v) is 12.1. The van der Waals surface area contributed by atoms with Crippen LogP contribution in [-0.2, 0) is 11.8 Å². The predicted octanol–water partition coefficient (Wildman–Crippen LogP) is 3.60. The minimum absolute atomic E-state index is 0.311. The largest absolute Gasteiger partial charge is 0.461 e. The first-order valence-electron chi connectivity index (χ1n) is 6.18. The standard InChI is InChI=1S/C15H14N2O2S/c1-3-19-15(18)14-13(16-10-20)12(9-17(14)2)11-7-5-4-6-8-11/h4-9H,3H2,1-2H3. The Bertz CT molecular complexity index is 671. The fourth-order valence-electron chi connectivity index (χ4n) is 2.04. The van der Waals surface area contributed by atoms with Crippen molar-refractivity contribution in [1.82, 2.24) is 4.57 Å². The van der Waals surface area contributed by atoms with Crippen molar-refractivity contribution in [2.24, 2.45) is 12.0 Å². The molecule has 102 valence electrons. The van der Waals surface area contributed by atoms with E-state index in [0.29, 0.717) is 18.0 Å². The van der Waals surface area contributed by atoms with E-state index in [0.717, 1.165) is 11.1 Å². The third kappa shape index (κ3) is 2.69. The van der Waals surface area contributed by atoms with Crippen LogP contribution in [0, 0.1) is 0 Å². The topological polar surface area (TPSA) is 43.6 Å². The summed E-state index contributed by atoms with van der Waals surface area (Å²) >= 11 is 4.69. The van der Waals surface area contributed by atoms with Crippen molar-refractivity contribution in [3.8, 4) is 11.1 Å². The van der Waals surface area contributed by atoms with Crippen molar-refractivity contribution in [3.05, 3.63) is 42.2 Å². The molecule has 0 aliphatic heterocycles. The van der Waals surface area contributed by atoms with E-state index < -0.39 is 5.97 Å². The maximum atomic E-state index is 12.0. The fraction of sp³-hybridized carbons (Fsp3) is 0.200. The van der Waals surface area contributed by atoms with Crippen LogP contribution in [0.15, 0.2) is 41.5 Å². The Balaban J connectivity index is 2.63. The van der Waals surface area contributed by atoms with Crippen LogP contribution in [0.1, 0.15) is 17.4 Å². The number of rotatable bonds is 4. The molecule has 0 aliphatic carbocycles. The van der Waals surface area contributed by atoms with E-state index in [4.69, 9.17) is 4.74 Å². The van der Waals surface area contributed by atoms with Crippen molar-refractivity contribution in [2.75, 3.05) is 6.61 Å². The predicted molar refractivity (Wildman–Crippen MR) is 81.5 cm³/mol. The van der Waals surface area contributed by atoms with Gasteiger partial charge in [-0.05, 0) is 24.7 Å². The van der Waals surface area contributed by atoms with Gasteiger partial charge >= 0.3 is 5.97 Å². The van der Waals surface area contributed by atoms with Gasteiger partial charge in [0, 0.05) is 18.8 Å². The number of hydrogen-bond donors (Lipinski definition) is 0. The lowest BCUT2D eigenvalue weighted by Gasteiger charge is -2.04. The maximum absolute atomic E-state index is 12.0. The molecule has 2 rings (SSSR count). The third-order valence-electron chi connectivity index (χ3n) is 2.87. The summed E-state index contributed by atoms with van der Waals surface area (Å²) in [5.41, 5.74) is 2.66. The van der Waals surface area contributed by atoms with Gasteiger partial charge in [0.15, 0.2) is 5.69 Å². The zero-order chi connectivity index (χ0) is 14.5. The van der Waals surface area contributed by atoms with Crippen molar-refractivity contribution < 1.29 is 9.53 Å². The number of thiocarbonyl (C=S) groups is 1. The molecule has 5 heteroatoms.